The molecular weight excluding hydrogens is 268 g/mol. The second kappa shape index (κ2) is 5.52. The van der Waals surface area contributed by atoms with E-state index < -0.39 is 0 Å². The van der Waals surface area contributed by atoms with Gasteiger partial charge < -0.3 is 14.8 Å². The van der Waals surface area contributed by atoms with Crippen molar-refractivity contribution in [2.45, 2.75) is 57.3 Å². The van der Waals surface area contributed by atoms with Crippen LogP contribution in [0.3, 0.4) is 0 Å². The number of morpholine rings is 1. The van der Waals surface area contributed by atoms with Gasteiger partial charge in [0.05, 0.1) is 37.0 Å². The first-order chi connectivity index (χ1) is 9.89. The van der Waals surface area contributed by atoms with Gasteiger partial charge in [0.15, 0.2) is 0 Å². The van der Waals surface area contributed by atoms with Gasteiger partial charge in [0, 0.05) is 13.1 Å². The van der Waals surface area contributed by atoms with Crippen LogP contribution in [0.1, 0.15) is 40.0 Å². The SMILES string of the molecule is CC1(C)OC2(C)CCC1CC2NC(=O)CN1CCOCC1. The fourth-order valence-electron chi connectivity index (χ4n) is 4.14. The fraction of sp³-hybridized carbons (Fsp3) is 0.938. The third-order valence-electron chi connectivity index (χ3n) is 5.53. The molecule has 2 bridgehead atoms. The van der Waals surface area contributed by atoms with Gasteiger partial charge in [0.2, 0.25) is 5.91 Å². The van der Waals surface area contributed by atoms with Crippen molar-refractivity contribution in [2.24, 2.45) is 5.92 Å². The second-order valence-corrected chi connectivity index (χ2v) is 7.50. The van der Waals surface area contributed by atoms with Crippen molar-refractivity contribution < 1.29 is 14.3 Å². The van der Waals surface area contributed by atoms with Crippen LogP contribution in [0.2, 0.25) is 0 Å². The summed E-state index contributed by atoms with van der Waals surface area (Å²) in [6.07, 6.45) is 3.29. The Balaban J connectivity index is 1.57. The van der Waals surface area contributed by atoms with Gasteiger partial charge in [-0.15, -0.1) is 0 Å². The van der Waals surface area contributed by atoms with E-state index in [0.29, 0.717) is 12.5 Å². The quantitative estimate of drug-likeness (QED) is 0.849. The van der Waals surface area contributed by atoms with Crippen LogP contribution in [-0.2, 0) is 14.3 Å². The van der Waals surface area contributed by atoms with Crippen molar-refractivity contribution >= 4 is 5.91 Å². The standard InChI is InChI=1S/C16H28N2O3/c1-15(2)12-4-5-16(3,21-15)13(10-12)17-14(19)11-18-6-8-20-9-7-18/h12-13H,4-11H2,1-3H3,(H,17,19). The molecule has 3 heterocycles. The predicted molar refractivity (Wildman–Crippen MR) is 80.1 cm³/mol. The average molecular weight is 296 g/mol. The van der Waals surface area contributed by atoms with E-state index in [4.69, 9.17) is 9.47 Å². The highest BCUT2D eigenvalue weighted by atomic mass is 16.5. The summed E-state index contributed by atoms with van der Waals surface area (Å²) in [5.74, 6) is 0.671. The molecule has 0 spiro atoms. The maximum atomic E-state index is 12.3. The van der Waals surface area contributed by atoms with Gasteiger partial charge in [-0.05, 0) is 46.0 Å². The summed E-state index contributed by atoms with van der Waals surface area (Å²) in [6.45, 7) is 10.2. The lowest BCUT2D eigenvalue weighted by Gasteiger charge is -2.57. The van der Waals surface area contributed by atoms with E-state index in [1.807, 2.05) is 0 Å². The summed E-state index contributed by atoms with van der Waals surface area (Å²) in [6, 6.07) is 0.151. The number of nitrogens with zero attached hydrogens (tertiary/aromatic N) is 1. The molecule has 1 N–H and O–H groups in total. The minimum Gasteiger partial charge on any atom is -0.379 e. The van der Waals surface area contributed by atoms with Gasteiger partial charge in [-0.3, -0.25) is 9.69 Å². The summed E-state index contributed by atoms with van der Waals surface area (Å²) in [4.78, 5) is 14.5. The molecule has 3 unspecified atom stereocenters. The Labute approximate surface area is 127 Å². The van der Waals surface area contributed by atoms with Crippen molar-refractivity contribution in [1.29, 1.82) is 0 Å². The van der Waals surface area contributed by atoms with Gasteiger partial charge in [-0.25, -0.2) is 0 Å². The molecule has 21 heavy (non-hydrogen) atoms. The molecule has 4 fully saturated rings. The smallest absolute Gasteiger partial charge is 0.234 e. The van der Waals surface area contributed by atoms with E-state index in [9.17, 15) is 4.79 Å². The minimum atomic E-state index is -0.209. The van der Waals surface area contributed by atoms with Crippen LogP contribution in [0.25, 0.3) is 0 Å². The fourth-order valence-corrected chi connectivity index (χ4v) is 4.14. The molecule has 3 atom stereocenters. The maximum absolute atomic E-state index is 12.3. The molecule has 0 aromatic heterocycles. The molecule has 5 heteroatoms. The molecule has 4 rings (SSSR count). The van der Waals surface area contributed by atoms with E-state index in [-0.39, 0.29) is 23.2 Å². The molecule has 120 valence electrons. The predicted octanol–water partition coefficient (Wildman–Crippen LogP) is 1.17. The first-order valence-electron chi connectivity index (χ1n) is 8.19. The van der Waals surface area contributed by atoms with Crippen LogP contribution in [0.4, 0.5) is 0 Å². The van der Waals surface area contributed by atoms with Crippen molar-refractivity contribution in [3.63, 3.8) is 0 Å². The largest absolute Gasteiger partial charge is 0.379 e. The lowest BCUT2D eigenvalue weighted by Crippen LogP contribution is -2.66. The summed E-state index contributed by atoms with van der Waals surface area (Å²) in [5, 5.41) is 3.23. The molecule has 3 saturated heterocycles. The van der Waals surface area contributed by atoms with Crippen LogP contribution in [0.15, 0.2) is 0 Å². The Hall–Kier alpha value is -0.650. The van der Waals surface area contributed by atoms with Crippen LogP contribution >= 0.6 is 0 Å². The average Bonchev–Trinajstić information content (AvgIpc) is 2.40. The highest BCUT2D eigenvalue weighted by molar-refractivity contribution is 5.78. The Bertz CT molecular complexity index is 406. The van der Waals surface area contributed by atoms with Crippen LogP contribution in [0.5, 0.6) is 0 Å². The molecular formula is C16H28N2O3. The zero-order valence-electron chi connectivity index (χ0n) is 13.5. The number of rotatable bonds is 3. The van der Waals surface area contributed by atoms with Gasteiger partial charge in [-0.1, -0.05) is 0 Å². The molecule has 3 aliphatic heterocycles. The third kappa shape index (κ3) is 3.10. The molecule has 1 saturated carbocycles. The summed E-state index contributed by atoms with van der Waals surface area (Å²) in [7, 11) is 0. The molecule has 5 nitrogen and oxygen atoms in total. The highest BCUT2D eigenvalue weighted by Gasteiger charge is 2.54. The monoisotopic (exact) mass is 296 g/mol. The first kappa shape index (κ1) is 15.3. The zero-order valence-corrected chi connectivity index (χ0v) is 13.5. The van der Waals surface area contributed by atoms with E-state index >= 15 is 0 Å². The van der Waals surface area contributed by atoms with Crippen LogP contribution < -0.4 is 5.32 Å². The molecule has 1 aliphatic carbocycles. The van der Waals surface area contributed by atoms with Crippen LogP contribution in [0, 0.1) is 5.92 Å². The normalized spacial score (nSPS) is 39.2. The van der Waals surface area contributed by atoms with Crippen molar-refractivity contribution in [3.05, 3.63) is 0 Å². The van der Waals surface area contributed by atoms with Gasteiger partial charge >= 0.3 is 0 Å². The Morgan fingerprint density at radius 3 is 2.62 bits per heavy atom. The van der Waals surface area contributed by atoms with E-state index in [0.717, 1.165) is 39.1 Å². The van der Waals surface area contributed by atoms with Crippen molar-refractivity contribution in [3.8, 4) is 0 Å². The highest BCUT2D eigenvalue weighted by Crippen LogP contribution is 2.49. The topological polar surface area (TPSA) is 50.8 Å². The molecule has 0 aromatic carbocycles. The van der Waals surface area contributed by atoms with Crippen LogP contribution in [-0.4, -0.2) is 60.9 Å². The zero-order chi connectivity index (χ0) is 15.1. The summed E-state index contributed by atoms with van der Waals surface area (Å²) in [5.41, 5.74) is -0.267. The number of fused-ring (bicyclic) bond motifs is 3. The lowest BCUT2D eigenvalue weighted by atomic mass is 9.66. The number of hydrogen-bond acceptors (Lipinski definition) is 4. The summed E-state index contributed by atoms with van der Waals surface area (Å²) >= 11 is 0. The lowest BCUT2D eigenvalue weighted by molar-refractivity contribution is -0.243. The molecule has 0 radical (unpaired) electrons. The molecule has 0 aromatic rings. The Morgan fingerprint density at radius 2 is 2.00 bits per heavy atom. The van der Waals surface area contributed by atoms with E-state index in [1.54, 1.807) is 0 Å². The minimum absolute atomic E-state index is 0.0571. The summed E-state index contributed by atoms with van der Waals surface area (Å²) < 4.78 is 11.6. The van der Waals surface area contributed by atoms with Crippen molar-refractivity contribution in [2.75, 3.05) is 32.8 Å². The second-order valence-electron chi connectivity index (χ2n) is 7.50. The van der Waals surface area contributed by atoms with E-state index in [2.05, 4.69) is 31.0 Å². The van der Waals surface area contributed by atoms with E-state index in [1.165, 1.54) is 6.42 Å². The third-order valence-corrected chi connectivity index (χ3v) is 5.53. The van der Waals surface area contributed by atoms with Gasteiger partial charge in [0.1, 0.15) is 0 Å². The number of nitrogens with one attached hydrogen (secondary N) is 1. The number of carbonyl (C=O) groups excluding carboxylic acids is 1. The van der Waals surface area contributed by atoms with Crippen molar-refractivity contribution in [1.82, 2.24) is 10.2 Å². The number of carbonyl (C=O) groups is 1. The number of amides is 1. The van der Waals surface area contributed by atoms with Gasteiger partial charge in [-0.2, -0.15) is 0 Å². The molecule has 1 amide bonds. The maximum Gasteiger partial charge on any atom is 0.234 e. The molecule has 4 aliphatic rings. The first-order valence-corrected chi connectivity index (χ1v) is 8.19. The Morgan fingerprint density at radius 1 is 1.29 bits per heavy atom. The Kier molecular flexibility index (Phi) is 4.01. The number of hydrogen-bond donors (Lipinski definition) is 1. The number of ether oxygens (including phenoxy) is 2. The van der Waals surface area contributed by atoms with Gasteiger partial charge in [0.25, 0.3) is 0 Å².